The Kier molecular flexibility index (Phi) is 3.99. The number of nitro groups is 1. The summed E-state index contributed by atoms with van der Waals surface area (Å²) in [6.45, 7) is 0.819. The Hall–Kier alpha value is -1.77. The van der Waals surface area contributed by atoms with Gasteiger partial charge in [-0.1, -0.05) is 0 Å². The predicted molar refractivity (Wildman–Crippen MR) is 80.1 cm³/mol. The highest BCUT2D eigenvalue weighted by Gasteiger charge is 2.40. The Labute approximate surface area is 132 Å². The highest BCUT2D eigenvalue weighted by atomic mass is 32.2. The van der Waals surface area contributed by atoms with Crippen molar-refractivity contribution in [3.63, 3.8) is 0 Å². The van der Waals surface area contributed by atoms with Crippen LogP contribution in [0.15, 0.2) is 12.1 Å². The number of piperidine rings is 1. The van der Waals surface area contributed by atoms with E-state index >= 15 is 0 Å². The molecule has 0 atom stereocenters. The summed E-state index contributed by atoms with van der Waals surface area (Å²) in [7, 11) is -2.87. The van der Waals surface area contributed by atoms with E-state index in [0.29, 0.717) is 25.9 Å². The van der Waals surface area contributed by atoms with Gasteiger partial charge in [0, 0.05) is 13.1 Å². The second kappa shape index (κ2) is 5.70. The third-order valence-electron chi connectivity index (χ3n) is 4.67. The van der Waals surface area contributed by atoms with E-state index in [1.54, 1.807) is 0 Å². The molecular formula is C14H16F2N2O4S. The van der Waals surface area contributed by atoms with E-state index in [1.807, 2.05) is 0 Å². The summed E-state index contributed by atoms with van der Waals surface area (Å²) in [4.78, 5) is 11.3. The van der Waals surface area contributed by atoms with Crippen LogP contribution in [0.4, 0.5) is 20.2 Å². The SMILES string of the molecule is O=[N+]([O-])c1cc(F)c(N2CCC(C3CS(=O)(=O)C3)CC2)c(F)c1. The van der Waals surface area contributed by atoms with Gasteiger partial charge >= 0.3 is 0 Å². The van der Waals surface area contributed by atoms with Crippen molar-refractivity contribution in [1.82, 2.24) is 0 Å². The van der Waals surface area contributed by atoms with Crippen molar-refractivity contribution in [3.8, 4) is 0 Å². The van der Waals surface area contributed by atoms with Crippen LogP contribution in [0.3, 0.4) is 0 Å². The largest absolute Gasteiger partial charge is 0.367 e. The van der Waals surface area contributed by atoms with Gasteiger partial charge in [0.15, 0.2) is 21.5 Å². The van der Waals surface area contributed by atoms with Crippen molar-refractivity contribution < 1.29 is 22.1 Å². The van der Waals surface area contributed by atoms with Gasteiger partial charge in [0.1, 0.15) is 5.69 Å². The van der Waals surface area contributed by atoms with Crippen LogP contribution in [0.25, 0.3) is 0 Å². The molecule has 6 nitrogen and oxygen atoms in total. The molecule has 9 heteroatoms. The maximum atomic E-state index is 14.0. The molecule has 23 heavy (non-hydrogen) atoms. The molecule has 0 aliphatic carbocycles. The van der Waals surface area contributed by atoms with E-state index in [2.05, 4.69) is 0 Å². The lowest BCUT2D eigenvalue weighted by molar-refractivity contribution is -0.385. The van der Waals surface area contributed by atoms with E-state index in [1.165, 1.54) is 4.90 Å². The summed E-state index contributed by atoms with van der Waals surface area (Å²) in [5, 5.41) is 10.6. The first kappa shape index (κ1) is 16.1. The molecule has 0 bridgehead atoms. The van der Waals surface area contributed by atoms with Crippen LogP contribution < -0.4 is 4.90 Å². The molecule has 1 aromatic rings. The molecule has 0 aromatic heterocycles. The Bertz CT molecular complexity index is 710. The summed E-state index contributed by atoms with van der Waals surface area (Å²) in [6.07, 6.45) is 1.33. The number of hydrogen-bond acceptors (Lipinski definition) is 5. The molecule has 2 aliphatic heterocycles. The Balaban J connectivity index is 1.69. The van der Waals surface area contributed by atoms with Crippen LogP contribution in [0, 0.1) is 33.6 Å². The van der Waals surface area contributed by atoms with E-state index in [9.17, 15) is 27.3 Å². The van der Waals surface area contributed by atoms with Crippen LogP contribution >= 0.6 is 0 Å². The summed E-state index contributed by atoms with van der Waals surface area (Å²) in [5.74, 6) is -1.08. The Morgan fingerprint density at radius 2 is 1.61 bits per heavy atom. The number of anilines is 1. The summed E-state index contributed by atoms with van der Waals surface area (Å²) < 4.78 is 50.5. The smallest absolute Gasteiger partial charge is 0.275 e. The monoisotopic (exact) mass is 346 g/mol. The Morgan fingerprint density at radius 3 is 2.04 bits per heavy atom. The number of halogens is 2. The average Bonchev–Trinajstić information content (AvgIpc) is 2.44. The van der Waals surface area contributed by atoms with Crippen LogP contribution in [-0.2, 0) is 9.84 Å². The summed E-state index contributed by atoms with van der Waals surface area (Å²) in [6, 6.07) is 1.45. The minimum absolute atomic E-state index is 0.147. The van der Waals surface area contributed by atoms with Gasteiger partial charge in [0.2, 0.25) is 0 Å². The molecule has 1 aromatic carbocycles. The van der Waals surface area contributed by atoms with Gasteiger partial charge in [-0.3, -0.25) is 10.1 Å². The van der Waals surface area contributed by atoms with Crippen LogP contribution in [0.1, 0.15) is 12.8 Å². The van der Waals surface area contributed by atoms with Crippen molar-refractivity contribution in [1.29, 1.82) is 0 Å². The van der Waals surface area contributed by atoms with E-state index in [0.717, 1.165) is 12.1 Å². The third-order valence-corrected chi connectivity index (χ3v) is 6.54. The number of hydrogen-bond donors (Lipinski definition) is 0. The van der Waals surface area contributed by atoms with Gasteiger partial charge in [-0.2, -0.15) is 0 Å². The van der Waals surface area contributed by atoms with Gasteiger partial charge < -0.3 is 4.90 Å². The number of non-ortho nitro benzene ring substituents is 1. The predicted octanol–water partition coefficient (Wildman–Crippen LogP) is 2.13. The lowest BCUT2D eigenvalue weighted by Crippen LogP contribution is -2.46. The number of nitrogens with zero attached hydrogens (tertiary/aromatic N) is 2. The maximum Gasteiger partial charge on any atom is 0.275 e. The fourth-order valence-electron chi connectivity index (χ4n) is 3.43. The first-order chi connectivity index (χ1) is 10.8. The first-order valence-electron chi connectivity index (χ1n) is 7.35. The van der Waals surface area contributed by atoms with Crippen molar-refractivity contribution in [2.24, 2.45) is 11.8 Å². The van der Waals surface area contributed by atoms with Crippen LogP contribution in [0.5, 0.6) is 0 Å². The summed E-state index contributed by atoms with van der Waals surface area (Å²) >= 11 is 0. The molecule has 126 valence electrons. The molecule has 0 spiro atoms. The Morgan fingerprint density at radius 1 is 1.09 bits per heavy atom. The molecule has 2 fully saturated rings. The number of nitro benzene ring substituents is 1. The minimum Gasteiger partial charge on any atom is -0.367 e. The lowest BCUT2D eigenvalue weighted by Gasteiger charge is -2.40. The van der Waals surface area contributed by atoms with Crippen molar-refractivity contribution in [2.75, 3.05) is 29.5 Å². The third kappa shape index (κ3) is 3.15. The van der Waals surface area contributed by atoms with Crippen LogP contribution in [0.2, 0.25) is 0 Å². The zero-order chi connectivity index (χ0) is 16.8. The molecule has 0 unspecified atom stereocenters. The van der Waals surface area contributed by atoms with Gasteiger partial charge in [-0.05, 0) is 24.7 Å². The van der Waals surface area contributed by atoms with Gasteiger partial charge in [0.25, 0.3) is 5.69 Å². The molecule has 2 aliphatic rings. The number of rotatable bonds is 3. The zero-order valence-corrected chi connectivity index (χ0v) is 13.1. The molecule has 0 N–H and O–H groups in total. The van der Waals surface area contributed by atoms with Crippen molar-refractivity contribution in [3.05, 3.63) is 33.9 Å². The second-order valence-electron chi connectivity index (χ2n) is 6.18. The molecular weight excluding hydrogens is 330 g/mol. The molecule has 0 amide bonds. The summed E-state index contributed by atoms with van der Waals surface area (Å²) in [5.41, 5.74) is -0.853. The van der Waals surface area contributed by atoms with Crippen LogP contribution in [-0.4, -0.2) is 37.9 Å². The number of sulfone groups is 1. The molecule has 0 saturated carbocycles. The minimum atomic E-state index is -2.87. The molecule has 2 saturated heterocycles. The fourth-order valence-corrected chi connectivity index (χ4v) is 5.18. The van der Waals surface area contributed by atoms with Gasteiger partial charge in [-0.15, -0.1) is 0 Å². The zero-order valence-electron chi connectivity index (χ0n) is 12.2. The quantitative estimate of drug-likeness (QED) is 0.619. The average molecular weight is 346 g/mol. The van der Waals surface area contributed by atoms with Crippen molar-refractivity contribution in [2.45, 2.75) is 12.8 Å². The topological polar surface area (TPSA) is 80.5 Å². The van der Waals surface area contributed by atoms with Crippen molar-refractivity contribution >= 4 is 21.2 Å². The lowest BCUT2D eigenvalue weighted by atomic mass is 9.86. The maximum absolute atomic E-state index is 14.0. The van der Waals surface area contributed by atoms with E-state index < -0.39 is 32.1 Å². The molecule has 0 radical (unpaired) electrons. The van der Waals surface area contributed by atoms with E-state index in [-0.39, 0.29) is 29.0 Å². The van der Waals surface area contributed by atoms with E-state index in [4.69, 9.17) is 0 Å². The fraction of sp³-hybridized carbons (Fsp3) is 0.571. The first-order valence-corrected chi connectivity index (χ1v) is 9.18. The number of benzene rings is 1. The highest BCUT2D eigenvalue weighted by Crippen LogP contribution is 2.36. The second-order valence-corrected chi connectivity index (χ2v) is 8.33. The van der Waals surface area contributed by atoms with Gasteiger partial charge in [0.05, 0.1) is 28.6 Å². The van der Waals surface area contributed by atoms with Gasteiger partial charge in [-0.25, -0.2) is 17.2 Å². The highest BCUT2D eigenvalue weighted by molar-refractivity contribution is 7.92. The normalized spacial score (nSPS) is 21.9. The molecule has 3 rings (SSSR count). The standard InChI is InChI=1S/C14H16F2N2O4S/c15-12-5-11(18(19)20)6-13(16)14(12)17-3-1-9(2-4-17)10-7-23(21,22)8-10/h5-6,9-10H,1-4,7-8H2. The molecule has 2 heterocycles.